The number of hydrogen-bond donors (Lipinski definition) is 0. The summed E-state index contributed by atoms with van der Waals surface area (Å²) in [6, 6.07) is 0. The van der Waals surface area contributed by atoms with Gasteiger partial charge in [-0.15, -0.1) is 0 Å². The zero-order valence-corrected chi connectivity index (χ0v) is 9.52. The van der Waals surface area contributed by atoms with Crippen molar-refractivity contribution >= 4 is 5.91 Å². The zero-order valence-electron chi connectivity index (χ0n) is 9.52. The van der Waals surface area contributed by atoms with E-state index in [0.29, 0.717) is 19.0 Å². The minimum absolute atomic E-state index is 0.355. The molecule has 0 spiro atoms. The Balaban J connectivity index is 2.28. The molecule has 1 aliphatic rings. The highest BCUT2D eigenvalue weighted by atomic mass is 19.4. The number of rotatable bonds is 3. The molecule has 5 heteroatoms. The number of nitrogens with zero attached hydrogens (tertiary/aromatic N) is 1. The van der Waals surface area contributed by atoms with Crippen molar-refractivity contribution in [3.05, 3.63) is 0 Å². The second kappa shape index (κ2) is 5.55. The van der Waals surface area contributed by atoms with Gasteiger partial charge in [-0.2, -0.15) is 13.2 Å². The van der Waals surface area contributed by atoms with E-state index in [4.69, 9.17) is 0 Å². The lowest BCUT2D eigenvalue weighted by molar-refractivity contribution is -0.149. The number of hydrogen-bond acceptors (Lipinski definition) is 1. The standard InChI is InChI=1S/C11H18F3NO/c1-2-9-4-7-15(8-5-9)10(16)3-6-11(12,13)14/h9H,2-8H2,1H3. The molecule has 0 aliphatic carbocycles. The molecule has 0 saturated carbocycles. The molecule has 0 aromatic heterocycles. The first-order valence-corrected chi connectivity index (χ1v) is 5.77. The molecule has 0 radical (unpaired) electrons. The van der Waals surface area contributed by atoms with Gasteiger partial charge in [-0.3, -0.25) is 4.79 Å². The van der Waals surface area contributed by atoms with Crippen LogP contribution in [0.15, 0.2) is 0 Å². The van der Waals surface area contributed by atoms with Crippen molar-refractivity contribution in [2.75, 3.05) is 13.1 Å². The third kappa shape index (κ3) is 4.41. The number of halogens is 3. The lowest BCUT2D eigenvalue weighted by atomic mass is 9.94. The molecule has 0 aromatic rings. The fourth-order valence-corrected chi connectivity index (χ4v) is 2.00. The molecule has 0 bridgehead atoms. The molecule has 0 N–H and O–H groups in total. The van der Waals surface area contributed by atoms with Crippen molar-refractivity contribution < 1.29 is 18.0 Å². The molecular formula is C11H18F3NO. The van der Waals surface area contributed by atoms with Crippen LogP contribution in [-0.2, 0) is 4.79 Å². The van der Waals surface area contributed by atoms with Gasteiger partial charge in [0.2, 0.25) is 5.91 Å². The largest absolute Gasteiger partial charge is 0.389 e. The Morgan fingerprint density at radius 2 is 1.88 bits per heavy atom. The Kier molecular flexibility index (Phi) is 4.62. The predicted octanol–water partition coefficient (Wildman–Crippen LogP) is 2.98. The van der Waals surface area contributed by atoms with Crippen LogP contribution in [-0.4, -0.2) is 30.1 Å². The summed E-state index contributed by atoms with van der Waals surface area (Å²) < 4.78 is 35.8. The van der Waals surface area contributed by atoms with Crippen LogP contribution in [0.1, 0.15) is 39.0 Å². The molecule has 1 amide bonds. The maximum Gasteiger partial charge on any atom is 0.389 e. The minimum atomic E-state index is -4.22. The summed E-state index contributed by atoms with van der Waals surface area (Å²) in [5.41, 5.74) is 0. The van der Waals surface area contributed by atoms with Crippen molar-refractivity contribution in [2.24, 2.45) is 5.92 Å². The van der Waals surface area contributed by atoms with Gasteiger partial charge >= 0.3 is 6.18 Å². The van der Waals surface area contributed by atoms with Gasteiger partial charge in [-0.05, 0) is 18.8 Å². The number of carbonyl (C=O) groups is 1. The lowest BCUT2D eigenvalue weighted by Gasteiger charge is -2.31. The molecule has 1 rings (SSSR count). The van der Waals surface area contributed by atoms with E-state index in [2.05, 4.69) is 6.92 Å². The predicted molar refractivity (Wildman–Crippen MR) is 54.9 cm³/mol. The second-order valence-corrected chi connectivity index (χ2v) is 4.35. The van der Waals surface area contributed by atoms with Crippen LogP contribution >= 0.6 is 0 Å². The summed E-state index contributed by atoms with van der Waals surface area (Å²) in [6.07, 6.45) is -2.69. The van der Waals surface area contributed by atoms with Crippen LogP contribution in [0.2, 0.25) is 0 Å². The first-order chi connectivity index (χ1) is 7.42. The highest BCUT2D eigenvalue weighted by molar-refractivity contribution is 5.76. The van der Waals surface area contributed by atoms with Gasteiger partial charge < -0.3 is 4.90 Å². The zero-order chi connectivity index (χ0) is 12.2. The maximum absolute atomic E-state index is 11.9. The van der Waals surface area contributed by atoms with Crippen LogP contribution < -0.4 is 0 Å². The minimum Gasteiger partial charge on any atom is -0.343 e. The summed E-state index contributed by atoms with van der Waals surface area (Å²) in [4.78, 5) is 13.0. The van der Waals surface area contributed by atoms with Gasteiger partial charge in [0.05, 0.1) is 6.42 Å². The number of carbonyl (C=O) groups excluding carboxylic acids is 1. The van der Waals surface area contributed by atoms with Gasteiger partial charge in [0.15, 0.2) is 0 Å². The SMILES string of the molecule is CCC1CCN(C(=O)CCC(F)(F)F)CC1. The van der Waals surface area contributed by atoms with Crippen LogP contribution in [0, 0.1) is 5.92 Å². The highest BCUT2D eigenvalue weighted by Gasteiger charge is 2.30. The fourth-order valence-electron chi connectivity index (χ4n) is 2.00. The van der Waals surface area contributed by atoms with Gasteiger partial charge in [0.1, 0.15) is 0 Å². The monoisotopic (exact) mass is 237 g/mol. The van der Waals surface area contributed by atoms with E-state index in [1.165, 1.54) is 0 Å². The van der Waals surface area contributed by atoms with Crippen molar-refractivity contribution in [3.63, 3.8) is 0 Å². The van der Waals surface area contributed by atoms with E-state index in [0.717, 1.165) is 19.3 Å². The molecule has 0 atom stereocenters. The second-order valence-electron chi connectivity index (χ2n) is 4.35. The van der Waals surface area contributed by atoms with E-state index in [1.54, 1.807) is 4.90 Å². The topological polar surface area (TPSA) is 20.3 Å². The first-order valence-electron chi connectivity index (χ1n) is 5.77. The summed E-state index contributed by atoms with van der Waals surface area (Å²) in [7, 11) is 0. The van der Waals surface area contributed by atoms with Gasteiger partial charge in [0.25, 0.3) is 0 Å². The van der Waals surface area contributed by atoms with E-state index in [-0.39, 0.29) is 5.91 Å². The Morgan fingerprint density at radius 1 is 1.31 bits per heavy atom. The van der Waals surface area contributed by atoms with Gasteiger partial charge in [-0.1, -0.05) is 13.3 Å². The normalized spacial score (nSPS) is 18.9. The summed E-state index contributed by atoms with van der Waals surface area (Å²) in [5.74, 6) is 0.276. The van der Waals surface area contributed by atoms with E-state index < -0.39 is 19.0 Å². The average Bonchev–Trinajstić information content (AvgIpc) is 2.25. The summed E-state index contributed by atoms with van der Waals surface area (Å²) >= 11 is 0. The third-order valence-electron chi connectivity index (χ3n) is 3.17. The number of alkyl halides is 3. The van der Waals surface area contributed by atoms with Gasteiger partial charge in [-0.25, -0.2) is 0 Å². The van der Waals surface area contributed by atoms with Crippen LogP contribution in [0.3, 0.4) is 0 Å². The molecule has 16 heavy (non-hydrogen) atoms. The molecule has 0 unspecified atom stereocenters. The van der Waals surface area contributed by atoms with Crippen LogP contribution in [0.5, 0.6) is 0 Å². The quantitative estimate of drug-likeness (QED) is 0.739. The molecular weight excluding hydrogens is 219 g/mol. The Hall–Kier alpha value is -0.740. The molecule has 1 heterocycles. The molecule has 2 nitrogen and oxygen atoms in total. The van der Waals surface area contributed by atoms with E-state index in [1.807, 2.05) is 0 Å². The van der Waals surface area contributed by atoms with E-state index in [9.17, 15) is 18.0 Å². The van der Waals surface area contributed by atoms with Gasteiger partial charge in [0, 0.05) is 19.5 Å². The highest BCUT2D eigenvalue weighted by Crippen LogP contribution is 2.24. The van der Waals surface area contributed by atoms with Crippen molar-refractivity contribution in [2.45, 2.75) is 45.2 Å². The number of amides is 1. The summed E-state index contributed by atoms with van der Waals surface area (Å²) in [5, 5.41) is 0. The number of likely N-dealkylation sites (tertiary alicyclic amines) is 1. The van der Waals surface area contributed by atoms with Crippen LogP contribution in [0.4, 0.5) is 13.2 Å². The molecule has 1 fully saturated rings. The summed E-state index contributed by atoms with van der Waals surface area (Å²) in [6.45, 7) is 3.34. The third-order valence-corrected chi connectivity index (χ3v) is 3.17. The molecule has 0 aromatic carbocycles. The van der Waals surface area contributed by atoms with E-state index >= 15 is 0 Å². The lowest BCUT2D eigenvalue weighted by Crippen LogP contribution is -2.38. The van der Waals surface area contributed by atoms with Crippen LogP contribution in [0.25, 0.3) is 0 Å². The smallest absolute Gasteiger partial charge is 0.343 e. The molecule has 1 aliphatic heterocycles. The fraction of sp³-hybridized carbons (Fsp3) is 0.909. The first kappa shape index (κ1) is 13.3. The van der Waals surface area contributed by atoms with Crippen molar-refractivity contribution in [3.8, 4) is 0 Å². The molecule has 1 saturated heterocycles. The Bertz CT molecular complexity index is 232. The Labute approximate surface area is 93.8 Å². The average molecular weight is 237 g/mol. The molecule has 94 valence electrons. The van der Waals surface area contributed by atoms with Crippen molar-refractivity contribution in [1.82, 2.24) is 4.90 Å². The Morgan fingerprint density at radius 3 is 2.31 bits per heavy atom. The van der Waals surface area contributed by atoms with Crippen molar-refractivity contribution in [1.29, 1.82) is 0 Å². The maximum atomic E-state index is 11.9. The number of piperidine rings is 1.